The van der Waals surface area contributed by atoms with Gasteiger partial charge in [-0.25, -0.2) is 9.97 Å². The molecule has 9 heteroatoms. The summed E-state index contributed by atoms with van der Waals surface area (Å²) < 4.78 is 23.5. The summed E-state index contributed by atoms with van der Waals surface area (Å²) in [5.74, 6) is 0.0886. The number of imidazole rings is 1. The zero-order chi connectivity index (χ0) is 38.7. The van der Waals surface area contributed by atoms with Gasteiger partial charge in [-0.05, 0) is 33.4 Å². The number of rotatable bonds is 12. The van der Waals surface area contributed by atoms with E-state index in [4.69, 9.17) is 19.9 Å². The lowest BCUT2D eigenvalue weighted by atomic mass is 9.79. The Labute approximate surface area is 331 Å². The average molecular weight is 752 g/mol. The SMILES string of the molecule is Nc1ncc2ncn([C@@H]3O[C@H](COC(c4ccccc4)(c4ccccc4)c4ccccc4)[C@@H](O)[C@H]3OC(c3ccccc3)(c3ccccc3)c3ccccc3)c2n1. The van der Waals surface area contributed by atoms with Gasteiger partial charge in [-0.1, -0.05) is 182 Å². The highest BCUT2D eigenvalue weighted by atomic mass is 16.6. The van der Waals surface area contributed by atoms with E-state index in [1.165, 1.54) is 0 Å². The number of nitrogens with zero attached hydrogens (tertiary/aromatic N) is 4. The molecule has 57 heavy (non-hydrogen) atoms. The minimum atomic E-state index is -1.19. The van der Waals surface area contributed by atoms with Gasteiger partial charge in [0.15, 0.2) is 11.9 Å². The predicted octanol–water partition coefficient (Wildman–Crippen LogP) is 8.05. The summed E-state index contributed by atoms with van der Waals surface area (Å²) >= 11 is 0. The molecule has 3 N–H and O–H groups in total. The first-order chi connectivity index (χ1) is 28.1. The normalized spacial score (nSPS) is 18.5. The summed E-state index contributed by atoms with van der Waals surface area (Å²) in [4.78, 5) is 13.3. The smallest absolute Gasteiger partial charge is 0.222 e. The highest BCUT2D eigenvalue weighted by Gasteiger charge is 2.52. The van der Waals surface area contributed by atoms with Crippen molar-refractivity contribution in [2.75, 3.05) is 12.3 Å². The van der Waals surface area contributed by atoms with Crippen molar-refractivity contribution in [3.05, 3.63) is 228 Å². The lowest BCUT2D eigenvalue weighted by Crippen LogP contribution is -2.45. The Kier molecular flexibility index (Phi) is 9.88. The van der Waals surface area contributed by atoms with Crippen LogP contribution >= 0.6 is 0 Å². The molecule has 9 rings (SSSR count). The topological polar surface area (TPSA) is 118 Å². The van der Waals surface area contributed by atoms with Crippen LogP contribution in [0.5, 0.6) is 0 Å². The maximum absolute atomic E-state index is 12.7. The molecule has 282 valence electrons. The molecule has 8 aromatic rings. The third-order valence-corrected chi connectivity index (χ3v) is 10.8. The van der Waals surface area contributed by atoms with Gasteiger partial charge in [-0.2, -0.15) is 4.98 Å². The zero-order valence-electron chi connectivity index (χ0n) is 31.0. The van der Waals surface area contributed by atoms with Crippen LogP contribution in [0.3, 0.4) is 0 Å². The van der Waals surface area contributed by atoms with Crippen molar-refractivity contribution in [2.24, 2.45) is 0 Å². The lowest BCUT2D eigenvalue weighted by Gasteiger charge is -2.40. The van der Waals surface area contributed by atoms with Crippen molar-refractivity contribution in [3.63, 3.8) is 0 Å². The Bertz CT molecular complexity index is 2330. The van der Waals surface area contributed by atoms with E-state index in [0.29, 0.717) is 11.2 Å². The molecule has 9 nitrogen and oxygen atoms in total. The van der Waals surface area contributed by atoms with E-state index in [9.17, 15) is 5.11 Å². The number of ether oxygens (including phenoxy) is 3. The molecule has 1 saturated heterocycles. The van der Waals surface area contributed by atoms with Crippen LogP contribution in [0, 0.1) is 0 Å². The first-order valence-corrected chi connectivity index (χ1v) is 19.0. The van der Waals surface area contributed by atoms with Gasteiger partial charge in [0.25, 0.3) is 0 Å². The molecule has 0 bridgehead atoms. The molecule has 4 atom stereocenters. The molecule has 0 unspecified atom stereocenters. The van der Waals surface area contributed by atoms with Crippen molar-refractivity contribution >= 4 is 17.1 Å². The Hall–Kier alpha value is -6.49. The molecule has 3 heterocycles. The molecule has 0 spiro atoms. The van der Waals surface area contributed by atoms with Gasteiger partial charge in [0.1, 0.15) is 35.0 Å². The highest BCUT2D eigenvalue weighted by molar-refractivity contribution is 5.70. The summed E-state index contributed by atoms with van der Waals surface area (Å²) in [7, 11) is 0. The number of aromatic nitrogens is 4. The minimum absolute atomic E-state index is 0.00499. The Balaban J connectivity index is 1.19. The predicted molar refractivity (Wildman–Crippen MR) is 219 cm³/mol. The van der Waals surface area contributed by atoms with Crippen molar-refractivity contribution < 1.29 is 19.3 Å². The number of nitrogen functional groups attached to an aromatic ring is 1. The zero-order valence-corrected chi connectivity index (χ0v) is 31.0. The summed E-state index contributed by atoms with van der Waals surface area (Å²) in [6, 6.07) is 60.6. The molecular formula is C48H41N5O4. The number of aliphatic hydroxyl groups excluding tert-OH is 1. The third kappa shape index (κ3) is 6.56. The van der Waals surface area contributed by atoms with Gasteiger partial charge in [-0.3, -0.25) is 4.57 Å². The standard InChI is InChI=1S/C48H41N5O4/c49-46-50-31-40-44(52-46)53(33-51-40)45-43(57-48(37-25-13-4-14-26-37,38-27-15-5-16-28-38)39-29-17-6-18-30-39)42(54)41(56-45)32-55-47(34-19-7-1-8-20-34,35-21-9-2-10-22-35)36-23-11-3-12-24-36/h1-31,33,41-43,45,54H,32H2,(H2,49,50,52)/t41-,42-,43-,45-/m1/s1. The number of nitrogens with two attached hydrogens (primary N) is 1. The third-order valence-electron chi connectivity index (χ3n) is 10.8. The number of hydrogen-bond donors (Lipinski definition) is 2. The van der Waals surface area contributed by atoms with Crippen molar-refractivity contribution in [2.45, 2.75) is 35.7 Å². The molecule has 1 fully saturated rings. The molecule has 2 aromatic heterocycles. The quantitative estimate of drug-likeness (QED) is 0.121. The van der Waals surface area contributed by atoms with E-state index in [0.717, 1.165) is 33.4 Å². The van der Waals surface area contributed by atoms with Gasteiger partial charge in [0.2, 0.25) is 5.95 Å². The maximum atomic E-state index is 12.7. The van der Waals surface area contributed by atoms with Crippen molar-refractivity contribution in [3.8, 4) is 0 Å². The number of hydrogen-bond acceptors (Lipinski definition) is 8. The molecule has 1 aliphatic heterocycles. The van der Waals surface area contributed by atoms with E-state index < -0.39 is 35.7 Å². The molecule has 1 aliphatic rings. The van der Waals surface area contributed by atoms with Crippen LogP contribution in [-0.2, 0) is 25.4 Å². The maximum Gasteiger partial charge on any atom is 0.222 e. The Morgan fingerprint density at radius 1 is 0.579 bits per heavy atom. The second-order valence-electron chi connectivity index (χ2n) is 14.1. The highest BCUT2D eigenvalue weighted by Crippen LogP contribution is 2.47. The van der Waals surface area contributed by atoms with Crippen LogP contribution in [0.15, 0.2) is 195 Å². The van der Waals surface area contributed by atoms with Gasteiger partial charge >= 0.3 is 0 Å². The molecule has 0 radical (unpaired) electrons. The van der Waals surface area contributed by atoms with E-state index in [2.05, 4.69) is 51.4 Å². The first kappa shape index (κ1) is 36.2. The van der Waals surface area contributed by atoms with Gasteiger partial charge < -0.3 is 25.1 Å². The van der Waals surface area contributed by atoms with Crippen molar-refractivity contribution in [1.29, 1.82) is 0 Å². The fraction of sp³-hybridized carbons (Fsp3) is 0.146. The summed E-state index contributed by atoms with van der Waals surface area (Å²) in [5, 5.41) is 12.7. The van der Waals surface area contributed by atoms with Crippen LogP contribution < -0.4 is 5.73 Å². The fourth-order valence-electron chi connectivity index (χ4n) is 8.14. The summed E-state index contributed by atoms with van der Waals surface area (Å²) in [6.07, 6.45) is -0.746. The van der Waals surface area contributed by atoms with Gasteiger partial charge in [-0.15, -0.1) is 0 Å². The number of fused-ring (bicyclic) bond motifs is 1. The monoisotopic (exact) mass is 751 g/mol. The van der Waals surface area contributed by atoms with Gasteiger partial charge in [0.05, 0.1) is 19.1 Å². The number of benzene rings is 6. The second-order valence-corrected chi connectivity index (χ2v) is 14.1. The van der Waals surface area contributed by atoms with Crippen LogP contribution in [-0.4, -0.2) is 49.5 Å². The minimum Gasteiger partial charge on any atom is -0.387 e. The van der Waals surface area contributed by atoms with E-state index in [1.807, 2.05) is 146 Å². The number of aliphatic hydroxyl groups is 1. The number of anilines is 1. The van der Waals surface area contributed by atoms with Gasteiger partial charge in [0, 0.05) is 0 Å². The average Bonchev–Trinajstić information content (AvgIpc) is 3.84. The first-order valence-electron chi connectivity index (χ1n) is 19.0. The molecule has 0 amide bonds. The van der Waals surface area contributed by atoms with E-state index in [-0.39, 0.29) is 12.6 Å². The van der Waals surface area contributed by atoms with Crippen molar-refractivity contribution in [1.82, 2.24) is 19.5 Å². The summed E-state index contributed by atoms with van der Waals surface area (Å²) in [5.41, 5.74) is 10.3. The fourth-order valence-corrected chi connectivity index (χ4v) is 8.14. The van der Waals surface area contributed by atoms with E-state index in [1.54, 1.807) is 17.1 Å². The molecule has 0 saturated carbocycles. The van der Waals surface area contributed by atoms with Crippen LogP contribution in [0.2, 0.25) is 0 Å². The summed E-state index contributed by atoms with van der Waals surface area (Å²) in [6.45, 7) is -0.00499. The molecule has 0 aliphatic carbocycles. The molecule has 6 aromatic carbocycles. The lowest BCUT2D eigenvalue weighted by molar-refractivity contribution is -0.122. The molecular weight excluding hydrogens is 711 g/mol. The second kappa shape index (κ2) is 15.6. The van der Waals surface area contributed by atoms with E-state index >= 15 is 0 Å². The van der Waals surface area contributed by atoms with Crippen LogP contribution in [0.1, 0.15) is 39.6 Å². The van der Waals surface area contributed by atoms with Crippen LogP contribution in [0.4, 0.5) is 5.95 Å². The largest absolute Gasteiger partial charge is 0.387 e. The van der Waals surface area contributed by atoms with Crippen LogP contribution in [0.25, 0.3) is 11.2 Å². The Morgan fingerprint density at radius 2 is 0.982 bits per heavy atom. The Morgan fingerprint density at radius 3 is 1.40 bits per heavy atom.